The van der Waals surface area contributed by atoms with E-state index >= 15 is 8.78 Å². The highest BCUT2D eigenvalue weighted by Crippen LogP contribution is 2.37. The number of rotatable bonds is 4. The Balaban J connectivity index is 1.71. The summed E-state index contributed by atoms with van der Waals surface area (Å²) in [5, 5.41) is 2.39. The van der Waals surface area contributed by atoms with Crippen molar-refractivity contribution in [1.29, 1.82) is 0 Å². The van der Waals surface area contributed by atoms with Gasteiger partial charge in [-0.25, -0.2) is 18.7 Å². The second-order valence-electron chi connectivity index (χ2n) is 7.25. The van der Waals surface area contributed by atoms with Crippen LogP contribution in [0, 0.1) is 17.6 Å². The Hall–Kier alpha value is -4.46. The molecule has 0 fully saturated rings. The summed E-state index contributed by atoms with van der Waals surface area (Å²) < 4.78 is 45.9. The van der Waals surface area contributed by atoms with Gasteiger partial charge < -0.3 is 9.72 Å². The Kier molecular flexibility index (Phi) is 5.10. The largest absolute Gasteiger partial charge is 0.322 e. The minimum atomic E-state index is -1.26. The van der Waals surface area contributed by atoms with E-state index in [1.807, 2.05) is 0 Å². The van der Waals surface area contributed by atoms with Crippen LogP contribution in [0.4, 0.5) is 18.9 Å². The van der Waals surface area contributed by atoms with Crippen LogP contribution in [0.1, 0.15) is 10.4 Å². The molecule has 0 spiro atoms. The number of hydrogen-bond donors (Lipinski definition) is 1. The van der Waals surface area contributed by atoms with Gasteiger partial charge in [0.1, 0.15) is 11.4 Å². The van der Waals surface area contributed by atoms with Gasteiger partial charge in [-0.3, -0.25) is 4.79 Å². The summed E-state index contributed by atoms with van der Waals surface area (Å²) >= 11 is 0. The second kappa shape index (κ2) is 8.23. The van der Waals surface area contributed by atoms with Crippen molar-refractivity contribution >= 4 is 17.1 Å². The standard InChI is InChI=1S/C25H15F3N4O/c26-16-8-10-17(11-9-16)30-25(33)21-22(27)20(15-5-2-1-3-6-15)23(31-24(21)28)18-7-4-12-32-14-29-13-19(18)32/h1-14H,(H,30,33). The number of aromatic nitrogens is 3. The van der Waals surface area contributed by atoms with Crippen LogP contribution < -0.4 is 5.32 Å². The van der Waals surface area contributed by atoms with E-state index in [1.54, 1.807) is 65.6 Å². The van der Waals surface area contributed by atoms with Crippen molar-refractivity contribution in [3.05, 3.63) is 109 Å². The summed E-state index contributed by atoms with van der Waals surface area (Å²) in [5.74, 6) is -3.85. The molecule has 5 nitrogen and oxygen atoms in total. The number of benzene rings is 2. The molecular weight excluding hydrogens is 429 g/mol. The third kappa shape index (κ3) is 3.71. The molecule has 0 saturated carbocycles. The molecule has 8 heteroatoms. The zero-order valence-corrected chi connectivity index (χ0v) is 17.0. The summed E-state index contributed by atoms with van der Waals surface area (Å²) in [5.41, 5.74) is 0.865. The van der Waals surface area contributed by atoms with Gasteiger partial charge in [0.25, 0.3) is 5.91 Å². The molecule has 0 aliphatic heterocycles. The average Bonchev–Trinajstić information content (AvgIpc) is 3.30. The molecule has 1 amide bonds. The van der Waals surface area contributed by atoms with Gasteiger partial charge in [-0.15, -0.1) is 0 Å². The average molecular weight is 444 g/mol. The third-order valence-corrected chi connectivity index (χ3v) is 5.19. The van der Waals surface area contributed by atoms with Crippen LogP contribution in [0.15, 0.2) is 85.5 Å². The van der Waals surface area contributed by atoms with Crippen molar-refractivity contribution in [2.75, 3.05) is 5.32 Å². The first-order valence-electron chi connectivity index (χ1n) is 9.95. The second-order valence-corrected chi connectivity index (χ2v) is 7.25. The smallest absolute Gasteiger partial charge is 0.263 e. The lowest BCUT2D eigenvalue weighted by Gasteiger charge is -2.15. The molecule has 2 aromatic carbocycles. The van der Waals surface area contributed by atoms with E-state index in [4.69, 9.17) is 0 Å². The van der Waals surface area contributed by atoms with Gasteiger partial charge in [0, 0.05) is 23.0 Å². The molecule has 0 aliphatic carbocycles. The first-order chi connectivity index (χ1) is 16.0. The molecule has 3 heterocycles. The molecule has 33 heavy (non-hydrogen) atoms. The lowest BCUT2D eigenvalue weighted by molar-refractivity contribution is 0.101. The van der Waals surface area contributed by atoms with Crippen LogP contribution in [0.2, 0.25) is 0 Å². The molecule has 0 aliphatic rings. The first kappa shape index (κ1) is 20.4. The van der Waals surface area contributed by atoms with Crippen LogP contribution in [-0.4, -0.2) is 20.3 Å². The van der Waals surface area contributed by atoms with Crippen LogP contribution in [-0.2, 0) is 0 Å². The van der Waals surface area contributed by atoms with Gasteiger partial charge in [0.05, 0.1) is 23.7 Å². The van der Waals surface area contributed by atoms with Gasteiger partial charge in [0.15, 0.2) is 5.82 Å². The molecule has 0 atom stereocenters. The minimum Gasteiger partial charge on any atom is -0.322 e. The van der Waals surface area contributed by atoms with E-state index in [0.717, 1.165) is 12.1 Å². The van der Waals surface area contributed by atoms with Crippen LogP contribution in [0.25, 0.3) is 27.9 Å². The molecule has 5 aromatic rings. The third-order valence-electron chi connectivity index (χ3n) is 5.19. The lowest BCUT2D eigenvalue weighted by Crippen LogP contribution is -2.18. The number of amides is 1. The van der Waals surface area contributed by atoms with E-state index in [0.29, 0.717) is 16.6 Å². The molecule has 3 aromatic heterocycles. The molecule has 5 rings (SSSR count). The first-order valence-corrected chi connectivity index (χ1v) is 9.95. The molecule has 0 bridgehead atoms. The Morgan fingerprint density at radius 2 is 1.67 bits per heavy atom. The summed E-state index contributed by atoms with van der Waals surface area (Å²) in [4.78, 5) is 20.9. The predicted octanol–water partition coefficient (Wildman–Crippen LogP) is 5.73. The van der Waals surface area contributed by atoms with E-state index in [-0.39, 0.29) is 16.9 Å². The highest BCUT2D eigenvalue weighted by Gasteiger charge is 2.27. The van der Waals surface area contributed by atoms with Crippen molar-refractivity contribution in [3.63, 3.8) is 0 Å². The van der Waals surface area contributed by atoms with E-state index in [9.17, 15) is 9.18 Å². The number of fused-ring (bicyclic) bond motifs is 1. The fourth-order valence-electron chi connectivity index (χ4n) is 3.66. The fourth-order valence-corrected chi connectivity index (χ4v) is 3.66. The van der Waals surface area contributed by atoms with Crippen LogP contribution in [0.5, 0.6) is 0 Å². The molecule has 0 radical (unpaired) electrons. The topological polar surface area (TPSA) is 59.3 Å². The summed E-state index contributed by atoms with van der Waals surface area (Å²) in [6.07, 6.45) is 4.89. The molecule has 1 N–H and O–H groups in total. The summed E-state index contributed by atoms with van der Waals surface area (Å²) in [6.45, 7) is 0. The molecule has 0 unspecified atom stereocenters. The van der Waals surface area contributed by atoms with E-state index in [2.05, 4.69) is 15.3 Å². The highest BCUT2D eigenvalue weighted by atomic mass is 19.1. The normalized spacial score (nSPS) is 11.0. The van der Waals surface area contributed by atoms with Crippen LogP contribution >= 0.6 is 0 Å². The highest BCUT2D eigenvalue weighted by molar-refractivity contribution is 6.06. The maximum absolute atomic E-state index is 15.9. The summed E-state index contributed by atoms with van der Waals surface area (Å²) in [6, 6.07) is 16.7. The fraction of sp³-hybridized carbons (Fsp3) is 0. The van der Waals surface area contributed by atoms with Crippen molar-refractivity contribution in [2.24, 2.45) is 0 Å². The number of hydrogen-bond acceptors (Lipinski definition) is 3. The number of carbonyl (C=O) groups is 1. The number of pyridine rings is 2. The zero-order chi connectivity index (χ0) is 22.9. The minimum absolute atomic E-state index is 0.0180. The Morgan fingerprint density at radius 1 is 0.909 bits per heavy atom. The van der Waals surface area contributed by atoms with E-state index in [1.165, 1.54) is 12.1 Å². The number of imidazole rings is 1. The number of nitrogens with one attached hydrogen (secondary N) is 1. The van der Waals surface area contributed by atoms with Gasteiger partial charge in [-0.2, -0.15) is 4.39 Å². The quantitative estimate of drug-likeness (QED) is 0.360. The maximum atomic E-state index is 15.9. The SMILES string of the molecule is O=C(Nc1ccc(F)cc1)c1c(F)nc(-c2cccn3cncc23)c(-c2ccccc2)c1F. The van der Waals surface area contributed by atoms with Crippen molar-refractivity contribution < 1.29 is 18.0 Å². The number of halogens is 3. The Morgan fingerprint density at radius 3 is 2.42 bits per heavy atom. The van der Waals surface area contributed by atoms with Gasteiger partial charge in [-0.1, -0.05) is 30.3 Å². The Labute approximate surface area is 186 Å². The lowest BCUT2D eigenvalue weighted by atomic mass is 9.96. The monoisotopic (exact) mass is 444 g/mol. The van der Waals surface area contributed by atoms with Gasteiger partial charge in [0.2, 0.25) is 5.95 Å². The summed E-state index contributed by atoms with van der Waals surface area (Å²) in [7, 11) is 0. The predicted molar refractivity (Wildman–Crippen MR) is 118 cm³/mol. The number of nitrogens with zero attached hydrogens (tertiary/aromatic N) is 3. The Bertz CT molecular complexity index is 1480. The van der Waals surface area contributed by atoms with Gasteiger partial charge in [-0.05, 0) is 42.0 Å². The number of anilines is 1. The maximum Gasteiger partial charge on any atom is 0.263 e. The van der Waals surface area contributed by atoms with E-state index < -0.39 is 29.1 Å². The number of carbonyl (C=O) groups excluding carboxylic acids is 1. The van der Waals surface area contributed by atoms with Crippen molar-refractivity contribution in [1.82, 2.24) is 14.4 Å². The van der Waals surface area contributed by atoms with Crippen molar-refractivity contribution in [2.45, 2.75) is 0 Å². The molecule has 0 saturated heterocycles. The zero-order valence-electron chi connectivity index (χ0n) is 17.0. The van der Waals surface area contributed by atoms with Crippen molar-refractivity contribution in [3.8, 4) is 22.4 Å². The molecule has 162 valence electrons. The van der Waals surface area contributed by atoms with Gasteiger partial charge >= 0.3 is 0 Å². The van der Waals surface area contributed by atoms with Crippen LogP contribution in [0.3, 0.4) is 0 Å². The molecular formula is C25H15F3N4O.